The van der Waals surface area contributed by atoms with Gasteiger partial charge in [0.05, 0.1) is 7.11 Å². The number of hydrogen-bond acceptors (Lipinski definition) is 3. The fourth-order valence-corrected chi connectivity index (χ4v) is 4.06. The van der Waals surface area contributed by atoms with Gasteiger partial charge in [-0.1, -0.05) is 31.5 Å². The number of hydrogen-bond donors (Lipinski definition) is 1. The number of benzene rings is 1. The standard InChI is InChI=1S/C15H23NOS/c1-3-16-15(14-10-6-7-11-18-14)12-8-4-5-9-13(12)17-2/h4-5,8-9,14-16H,3,6-7,10-11H2,1-2H3. The van der Waals surface area contributed by atoms with Gasteiger partial charge >= 0.3 is 0 Å². The normalized spacial score (nSPS) is 21.6. The molecule has 1 heterocycles. The van der Waals surface area contributed by atoms with E-state index < -0.39 is 0 Å². The average Bonchev–Trinajstić information content (AvgIpc) is 2.46. The van der Waals surface area contributed by atoms with Gasteiger partial charge in [0.25, 0.3) is 0 Å². The van der Waals surface area contributed by atoms with Crippen LogP contribution in [0.2, 0.25) is 0 Å². The van der Waals surface area contributed by atoms with Gasteiger partial charge in [-0.05, 0) is 31.2 Å². The molecule has 0 aromatic heterocycles. The molecule has 2 atom stereocenters. The fraction of sp³-hybridized carbons (Fsp3) is 0.600. The molecule has 0 radical (unpaired) electrons. The van der Waals surface area contributed by atoms with Crippen LogP contribution in [0.15, 0.2) is 24.3 Å². The third-order valence-corrected chi connectivity index (χ3v) is 4.95. The number of ether oxygens (including phenoxy) is 1. The highest BCUT2D eigenvalue weighted by Gasteiger charge is 2.26. The van der Waals surface area contributed by atoms with Crippen LogP contribution in [0.1, 0.15) is 37.8 Å². The molecule has 1 aliphatic rings. The zero-order valence-electron chi connectivity index (χ0n) is 11.3. The highest BCUT2D eigenvalue weighted by Crippen LogP contribution is 2.37. The molecule has 2 rings (SSSR count). The number of rotatable bonds is 5. The first kappa shape index (κ1) is 13.8. The van der Waals surface area contributed by atoms with Crippen molar-refractivity contribution in [3.05, 3.63) is 29.8 Å². The minimum absolute atomic E-state index is 0.413. The Morgan fingerprint density at radius 1 is 1.39 bits per heavy atom. The molecule has 0 spiro atoms. The largest absolute Gasteiger partial charge is 0.496 e. The lowest BCUT2D eigenvalue weighted by Gasteiger charge is -2.31. The molecule has 1 aliphatic heterocycles. The first-order valence-corrected chi connectivity index (χ1v) is 7.89. The zero-order valence-corrected chi connectivity index (χ0v) is 12.1. The van der Waals surface area contributed by atoms with E-state index in [2.05, 4.69) is 42.2 Å². The predicted molar refractivity (Wildman–Crippen MR) is 79.5 cm³/mol. The Morgan fingerprint density at radius 3 is 2.89 bits per heavy atom. The van der Waals surface area contributed by atoms with Crippen LogP contribution < -0.4 is 10.1 Å². The van der Waals surface area contributed by atoms with Crippen LogP contribution in [0.5, 0.6) is 5.75 Å². The van der Waals surface area contributed by atoms with Crippen LogP contribution >= 0.6 is 11.8 Å². The fourth-order valence-electron chi connectivity index (χ4n) is 2.61. The van der Waals surface area contributed by atoms with Crippen molar-refractivity contribution in [3.8, 4) is 5.75 Å². The van der Waals surface area contributed by atoms with Crippen LogP contribution in [0.25, 0.3) is 0 Å². The maximum absolute atomic E-state index is 5.51. The van der Waals surface area contributed by atoms with Crippen molar-refractivity contribution in [1.29, 1.82) is 0 Å². The summed E-state index contributed by atoms with van der Waals surface area (Å²) in [5.74, 6) is 2.30. The number of thioether (sulfide) groups is 1. The summed E-state index contributed by atoms with van der Waals surface area (Å²) in [6.45, 7) is 3.18. The van der Waals surface area contributed by atoms with Gasteiger partial charge in [0, 0.05) is 16.9 Å². The third-order valence-electron chi connectivity index (χ3n) is 3.48. The second-order valence-electron chi connectivity index (χ2n) is 4.68. The third kappa shape index (κ3) is 3.21. The monoisotopic (exact) mass is 265 g/mol. The molecule has 0 amide bonds. The predicted octanol–water partition coefficient (Wildman–Crippen LogP) is 3.63. The molecule has 1 N–H and O–H groups in total. The van der Waals surface area contributed by atoms with Gasteiger partial charge in [-0.25, -0.2) is 0 Å². The van der Waals surface area contributed by atoms with Crippen LogP contribution in [0, 0.1) is 0 Å². The highest BCUT2D eigenvalue weighted by molar-refractivity contribution is 8.00. The SMILES string of the molecule is CCNC(c1ccccc1OC)C1CCCCS1. The maximum atomic E-state index is 5.51. The number of para-hydroxylation sites is 1. The van der Waals surface area contributed by atoms with E-state index in [4.69, 9.17) is 4.74 Å². The van der Waals surface area contributed by atoms with E-state index in [1.54, 1.807) is 7.11 Å². The van der Waals surface area contributed by atoms with Crippen LogP contribution in [-0.2, 0) is 0 Å². The van der Waals surface area contributed by atoms with Crippen molar-refractivity contribution in [2.24, 2.45) is 0 Å². The van der Waals surface area contributed by atoms with Gasteiger partial charge in [-0.2, -0.15) is 11.8 Å². The summed E-state index contributed by atoms with van der Waals surface area (Å²) in [7, 11) is 1.76. The van der Waals surface area contributed by atoms with Crippen LogP contribution in [0.3, 0.4) is 0 Å². The molecule has 18 heavy (non-hydrogen) atoms. The Labute approximate surface area is 114 Å². The second-order valence-corrected chi connectivity index (χ2v) is 6.03. The molecule has 3 heteroatoms. The molecule has 0 saturated carbocycles. The Balaban J connectivity index is 2.22. The number of nitrogens with one attached hydrogen (secondary N) is 1. The van der Waals surface area contributed by atoms with Crippen molar-refractivity contribution >= 4 is 11.8 Å². The van der Waals surface area contributed by atoms with E-state index in [1.165, 1.54) is 30.6 Å². The van der Waals surface area contributed by atoms with Crippen molar-refractivity contribution in [2.75, 3.05) is 19.4 Å². The van der Waals surface area contributed by atoms with E-state index in [0.717, 1.165) is 12.3 Å². The summed E-state index contributed by atoms with van der Waals surface area (Å²) in [6, 6.07) is 8.82. The minimum Gasteiger partial charge on any atom is -0.496 e. The van der Waals surface area contributed by atoms with Crippen LogP contribution in [0.4, 0.5) is 0 Å². The van der Waals surface area contributed by atoms with E-state index in [0.29, 0.717) is 11.3 Å². The highest BCUT2D eigenvalue weighted by atomic mass is 32.2. The lowest BCUT2D eigenvalue weighted by atomic mass is 9.98. The lowest BCUT2D eigenvalue weighted by Crippen LogP contribution is -2.32. The Bertz CT molecular complexity index is 363. The molecular formula is C15H23NOS. The van der Waals surface area contributed by atoms with E-state index in [1.807, 2.05) is 6.07 Å². The quantitative estimate of drug-likeness (QED) is 0.878. The molecule has 2 nitrogen and oxygen atoms in total. The Kier molecular flexibility index (Phi) is 5.39. The van der Waals surface area contributed by atoms with E-state index in [-0.39, 0.29) is 0 Å². The summed E-state index contributed by atoms with van der Waals surface area (Å²) in [5.41, 5.74) is 1.31. The van der Waals surface area contributed by atoms with Gasteiger partial charge in [-0.3, -0.25) is 0 Å². The van der Waals surface area contributed by atoms with E-state index in [9.17, 15) is 0 Å². The Hall–Kier alpha value is -0.670. The first-order valence-electron chi connectivity index (χ1n) is 6.84. The van der Waals surface area contributed by atoms with Crippen molar-refractivity contribution in [2.45, 2.75) is 37.5 Å². The molecule has 1 aromatic carbocycles. The summed E-state index contributed by atoms with van der Waals surface area (Å²) in [4.78, 5) is 0. The topological polar surface area (TPSA) is 21.3 Å². The molecule has 100 valence electrons. The molecular weight excluding hydrogens is 242 g/mol. The molecule has 1 aromatic rings. The Morgan fingerprint density at radius 2 is 2.22 bits per heavy atom. The van der Waals surface area contributed by atoms with Gasteiger partial charge in [0.1, 0.15) is 5.75 Å². The zero-order chi connectivity index (χ0) is 12.8. The smallest absolute Gasteiger partial charge is 0.123 e. The maximum Gasteiger partial charge on any atom is 0.123 e. The van der Waals surface area contributed by atoms with Gasteiger partial charge in [0.2, 0.25) is 0 Å². The van der Waals surface area contributed by atoms with Crippen molar-refractivity contribution in [1.82, 2.24) is 5.32 Å². The summed E-state index contributed by atoms with van der Waals surface area (Å²) < 4.78 is 5.51. The van der Waals surface area contributed by atoms with Gasteiger partial charge in [0.15, 0.2) is 0 Å². The van der Waals surface area contributed by atoms with Gasteiger partial charge in [-0.15, -0.1) is 0 Å². The molecule has 1 fully saturated rings. The second kappa shape index (κ2) is 7.05. The van der Waals surface area contributed by atoms with Gasteiger partial charge < -0.3 is 10.1 Å². The van der Waals surface area contributed by atoms with Crippen LogP contribution in [-0.4, -0.2) is 24.7 Å². The molecule has 0 aliphatic carbocycles. The average molecular weight is 265 g/mol. The molecule has 1 saturated heterocycles. The lowest BCUT2D eigenvalue weighted by molar-refractivity contribution is 0.394. The summed E-state index contributed by atoms with van der Waals surface area (Å²) in [6.07, 6.45) is 4.03. The number of methoxy groups -OCH3 is 1. The minimum atomic E-state index is 0.413. The van der Waals surface area contributed by atoms with E-state index >= 15 is 0 Å². The molecule has 0 bridgehead atoms. The summed E-state index contributed by atoms with van der Waals surface area (Å²) >= 11 is 2.11. The van der Waals surface area contributed by atoms with Crippen molar-refractivity contribution < 1.29 is 4.74 Å². The molecule has 2 unspecified atom stereocenters. The summed E-state index contributed by atoms with van der Waals surface area (Å²) in [5, 5.41) is 4.32. The van der Waals surface area contributed by atoms with Crippen molar-refractivity contribution in [3.63, 3.8) is 0 Å². The first-order chi connectivity index (χ1) is 8.86.